The molecule has 16 heavy (non-hydrogen) atoms. The maximum absolute atomic E-state index is 12.6. The van der Waals surface area contributed by atoms with Crippen LogP contribution in [0.25, 0.3) is 11.5 Å². The number of nitrogens with zero attached hydrogens (tertiary/aromatic N) is 2. The van der Waals surface area contributed by atoms with E-state index in [0.717, 1.165) is 0 Å². The molecular weight excluding hydrogens is 233 g/mol. The Balaban J connectivity index is 0.00000128. The lowest BCUT2D eigenvalue weighted by molar-refractivity contribution is 0.473. The largest absolute Gasteiger partial charge is 0.419 e. The van der Waals surface area contributed by atoms with Crippen molar-refractivity contribution in [1.82, 2.24) is 10.2 Å². The van der Waals surface area contributed by atoms with Gasteiger partial charge in [0.25, 0.3) is 0 Å². The average molecular weight is 244 g/mol. The third-order valence-corrected chi connectivity index (χ3v) is 1.92. The highest BCUT2D eigenvalue weighted by molar-refractivity contribution is 5.85. The van der Waals surface area contributed by atoms with Crippen molar-refractivity contribution in [3.8, 4) is 11.5 Å². The van der Waals surface area contributed by atoms with Crippen LogP contribution in [-0.4, -0.2) is 10.2 Å². The van der Waals surface area contributed by atoms with Crippen molar-refractivity contribution in [1.29, 1.82) is 0 Å². The minimum Gasteiger partial charge on any atom is -0.419 e. The van der Waals surface area contributed by atoms with Gasteiger partial charge in [0.15, 0.2) is 0 Å². The average Bonchev–Trinajstić information content (AvgIpc) is 2.68. The molecule has 4 nitrogen and oxygen atoms in total. The molecule has 1 heterocycles. The van der Waals surface area contributed by atoms with Crippen LogP contribution in [-0.2, 0) is 0 Å². The summed E-state index contributed by atoms with van der Waals surface area (Å²) in [6, 6.07) is 5.53. The molecule has 1 unspecified atom stereocenters. The van der Waals surface area contributed by atoms with Crippen LogP contribution in [0.1, 0.15) is 18.9 Å². The lowest BCUT2D eigenvalue weighted by Crippen LogP contribution is -2.04. The zero-order valence-electron chi connectivity index (χ0n) is 8.55. The van der Waals surface area contributed by atoms with Gasteiger partial charge in [-0.05, 0) is 31.2 Å². The summed E-state index contributed by atoms with van der Waals surface area (Å²) in [6.07, 6.45) is 0. The van der Waals surface area contributed by atoms with Crippen molar-refractivity contribution in [3.63, 3.8) is 0 Å². The van der Waals surface area contributed by atoms with Gasteiger partial charge in [-0.25, -0.2) is 4.39 Å². The number of aromatic nitrogens is 2. The fourth-order valence-electron chi connectivity index (χ4n) is 1.13. The molecule has 0 saturated heterocycles. The fourth-order valence-corrected chi connectivity index (χ4v) is 1.13. The lowest BCUT2D eigenvalue weighted by atomic mass is 10.2. The quantitative estimate of drug-likeness (QED) is 0.879. The zero-order valence-corrected chi connectivity index (χ0v) is 9.37. The summed E-state index contributed by atoms with van der Waals surface area (Å²) in [5.74, 6) is 0.419. The van der Waals surface area contributed by atoms with Gasteiger partial charge in [-0.15, -0.1) is 22.6 Å². The molecule has 0 aliphatic rings. The van der Waals surface area contributed by atoms with E-state index >= 15 is 0 Å². The molecule has 86 valence electrons. The molecule has 0 radical (unpaired) electrons. The second kappa shape index (κ2) is 5.05. The van der Waals surface area contributed by atoms with E-state index in [-0.39, 0.29) is 24.3 Å². The van der Waals surface area contributed by atoms with E-state index in [4.69, 9.17) is 10.2 Å². The monoisotopic (exact) mass is 243 g/mol. The first kappa shape index (κ1) is 12.6. The van der Waals surface area contributed by atoms with Crippen molar-refractivity contribution in [2.45, 2.75) is 13.0 Å². The molecule has 0 bridgehead atoms. The minimum atomic E-state index is -0.300. The summed E-state index contributed by atoms with van der Waals surface area (Å²) in [5, 5.41) is 7.60. The predicted molar refractivity (Wildman–Crippen MR) is 59.5 cm³/mol. The molecule has 0 aliphatic carbocycles. The summed E-state index contributed by atoms with van der Waals surface area (Å²) < 4.78 is 18.0. The highest BCUT2D eigenvalue weighted by Gasteiger charge is 2.11. The predicted octanol–water partition coefficient (Wildman–Crippen LogP) is 2.32. The van der Waals surface area contributed by atoms with E-state index in [1.165, 1.54) is 12.1 Å². The number of hydrogen-bond donors (Lipinski definition) is 1. The van der Waals surface area contributed by atoms with E-state index in [1.54, 1.807) is 19.1 Å². The Morgan fingerprint density at radius 3 is 2.38 bits per heavy atom. The molecule has 2 N–H and O–H groups in total. The fraction of sp³-hybridized carbons (Fsp3) is 0.200. The van der Waals surface area contributed by atoms with Gasteiger partial charge in [0.2, 0.25) is 11.8 Å². The standard InChI is InChI=1S/C10H10FN3O.ClH/c1-6(12)9-13-14-10(15-9)7-2-4-8(11)5-3-7;/h2-6H,12H2,1H3;1H. The highest BCUT2D eigenvalue weighted by Crippen LogP contribution is 2.19. The number of halogens is 2. The van der Waals surface area contributed by atoms with Crippen molar-refractivity contribution in [3.05, 3.63) is 36.0 Å². The van der Waals surface area contributed by atoms with E-state index in [9.17, 15) is 4.39 Å². The smallest absolute Gasteiger partial charge is 0.247 e. The van der Waals surface area contributed by atoms with Gasteiger partial charge in [-0.2, -0.15) is 0 Å². The third-order valence-electron chi connectivity index (χ3n) is 1.92. The second-order valence-corrected chi connectivity index (χ2v) is 3.24. The Morgan fingerprint density at radius 2 is 1.88 bits per heavy atom. The first-order valence-electron chi connectivity index (χ1n) is 4.52. The normalized spacial score (nSPS) is 11.9. The summed E-state index contributed by atoms with van der Waals surface area (Å²) >= 11 is 0. The first-order chi connectivity index (χ1) is 7.16. The van der Waals surface area contributed by atoms with Crippen molar-refractivity contribution < 1.29 is 8.81 Å². The molecule has 0 aliphatic heterocycles. The molecule has 0 saturated carbocycles. The Labute approximate surface area is 98.1 Å². The van der Waals surface area contributed by atoms with Crippen LogP contribution in [0.3, 0.4) is 0 Å². The summed E-state index contributed by atoms with van der Waals surface area (Å²) in [7, 11) is 0. The van der Waals surface area contributed by atoms with Crippen LogP contribution in [0, 0.1) is 5.82 Å². The van der Waals surface area contributed by atoms with Gasteiger partial charge in [0.1, 0.15) is 5.82 Å². The molecule has 1 aromatic carbocycles. The van der Waals surface area contributed by atoms with E-state index < -0.39 is 0 Å². The number of rotatable bonds is 2. The third kappa shape index (κ3) is 2.56. The van der Waals surface area contributed by atoms with Gasteiger partial charge < -0.3 is 10.2 Å². The number of nitrogens with two attached hydrogens (primary N) is 1. The maximum atomic E-state index is 12.6. The van der Waals surface area contributed by atoms with Crippen LogP contribution >= 0.6 is 12.4 Å². The van der Waals surface area contributed by atoms with Crippen LogP contribution in [0.2, 0.25) is 0 Å². The lowest BCUT2D eigenvalue weighted by Gasteiger charge is -1.96. The van der Waals surface area contributed by atoms with E-state index in [2.05, 4.69) is 10.2 Å². The van der Waals surface area contributed by atoms with Crippen LogP contribution < -0.4 is 5.73 Å². The highest BCUT2D eigenvalue weighted by atomic mass is 35.5. The van der Waals surface area contributed by atoms with Gasteiger partial charge in [0, 0.05) is 5.56 Å². The topological polar surface area (TPSA) is 64.9 Å². The summed E-state index contributed by atoms with van der Waals surface area (Å²) in [4.78, 5) is 0. The molecule has 6 heteroatoms. The van der Waals surface area contributed by atoms with Gasteiger partial charge in [0.05, 0.1) is 6.04 Å². The van der Waals surface area contributed by atoms with Gasteiger partial charge in [-0.1, -0.05) is 0 Å². The second-order valence-electron chi connectivity index (χ2n) is 3.24. The van der Waals surface area contributed by atoms with E-state index in [1.807, 2.05) is 0 Å². The zero-order chi connectivity index (χ0) is 10.8. The van der Waals surface area contributed by atoms with Gasteiger partial charge in [-0.3, -0.25) is 0 Å². The Kier molecular flexibility index (Phi) is 3.98. The Bertz CT molecular complexity index is 455. The molecule has 0 fully saturated rings. The van der Waals surface area contributed by atoms with Gasteiger partial charge >= 0.3 is 0 Å². The summed E-state index contributed by atoms with van der Waals surface area (Å²) in [6.45, 7) is 1.75. The maximum Gasteiger partial charge on any atom is 0.247 e. The number of benzene rings is 1. The Hall–Kier alpha value is -1.46. The van der Waals surface area contributed by atoms with E-state index in [0.29, 0.717) is 17.3 Å². The van der Waals surface area contributed by atoms with Crippen LogP contribution in [0.5, 0.6) is 0 Å². The molecule has 1 aromatic heterocycles. The molecule has 2 rings (SSSR count). The van der Waals surface area contributed by atoms with Crippen molar-refractivity contribution in [2.24, 2.45) is 5.73 Å². The van der Waals surface area contributed by atoms with Crippen LogP contribution in [0.4, 0.5) is 4.39 Å². The summed E-state index contributed by atoms with van der Waals surface area (Å²) in [5.41, 5.74) is 6.25. The molecule has 2 aromatic rings. The molecule has 1 atom stereocenters. The minimum absolute atomic E-state index is 0. The molecule has 0 spiro atoms. The Morgan fingerprint density at radius 1 is 1.25 bits per heavy atom. The molecular formula is C10H11ClFN3O. The SMILES string of the molecule is CC(N)c1nnc(-c2ccc(F)cc2)o1.Cl. The number of hydrogen-bond acceptors (Lipinski definition) is 4. The van der Waals surface area contributed by atoms with Crippen molar-refractivity contribution >= 4 is 12.4 Å². The van der Waals surface area contributed by atoms with Crippen LogP contribution in [0.15, 0.2) is 28.7 Å². The van der Waals surface area contributed by atoms with Crippen molar-refractivity contribution in [2.75, 3.05) is 0 Å². The first-order valence-corrected chi connectivity index (χ1v) is 4.52. The molecule has 0 amide bonds.